The summed E-state index contributed by atoms with van der Waals surface area (Å²) >= 11 is 6.58. The number of nitrogens with zero attached hydrogens (tertiary/aromatic N) is 2. The highest BCUT2D eigenvalue weighted by Crippen LogP contribution is 2.29. The quantitative estimate of drug-likeness (QED) is 0.173. The van der Waals surface area contributed by atoms with Gasteiger partial charge in [-0.1, -0.05) is 30.4 Å². The number of rotatable bonds is 7. The molecule has 0 saturated heterocycles. The van der Waals surface area contributed by atoms with E-state index in [1.165, 1.54) is 35.6 Å². The minimum atomic E-state index is -0.570. The summed E-state index contributed by atoms with van der Waals surface area (Å²) in [5, 5.41) is 19.8. The predicted octanol–water partition coefficient (Wildman–Crippen LogP) is 5.33. The van der Waals surface area contributed by atoms with E-state index in [9.17, 15) is 19.7 Å². The topological polar surface area (TPSA) is 139 Å². The number of carbonyl (C=O) groups excluding carboxylic acids is 2. The van der Waals surface area contributed by atoms with Gasteiger partial charge >= 0.3 is 0 Å². The van der Waals surface area contributed by atoms with Crippen LogP contribution in [0.1, 0.15) is 30.3 Å². The van der Waals surface area contributed by atoms with Gasteiger partial charge in [0.15, 0.2) is 16.0 Å². The van der Waals surface area contributed by atoms with Gasteiger partial charge in [-0.15, -0.1) is 0 Å². The first kappa shape index (κ1) is 24.0. The molecule has 0 fully saturated rings. The van der Waals surface area contributed by atoms with Gasteiger partial charge in [0.05, 0.1) is 15.1 Å². The lowest BCUT2D eigenvalue weighted by Crippen LogP contribution is -2.33. The van der Waals surface area contributed by atoms with Gasteiger partial charge in [-0.2, -0.15) is 0 Å². The summed E-state index contributed by atoms with van der Waals surface area (Å²) in [7, 11) is 0. The number of nitro groups is 1. The molecule has 2 aromatic heterocycles. The molecule has 10 nitrogen and oxygen atoms in total. The fourth-order valence-electron chi connectivity index (χ4n) is 3.18. The number of non-ortho nitro benzene ring substituents is 1. The van der Waals surface area contributed by atoms with Gasteiger partial charge < -0.3 is 15.1 Å². The minimum Gasteiger partial charge on any atom is -0.451 e. The van der Waals surface area contributed by atoms with Crippen molar-refractivity contribution in [3.05, 3.63) is 70.5 Å². The van der Waals surface area contributed by atoms with Crippen molar-refractivity contribution in [2.45, 2.75) is 19.8 Å². The average Bonchev–Trinajstić information content (AvgIpc) is 3.46. The SMILES string of the molecule is CCCC(=O)Nc1nc2ccc(NC(=S)NC(=O)c3ccc(-c4cccc([N+](=O)[O-])c4)o3)cc2s1. The molecule has 0 spiro atoms. The lowest BCUT2D eigenvalue weighted by molar-refractivity contribution is -0.384. The number of benzene rings is 2. The van der Waals surface area contributed by atoms with Crippen molar-refractivity contribution in [3.8, 4) is 11.3 Å². The monoisotopic (exact) mass is 509 g/mol. The first-order chi connectivity index (χ1) is 16.8. The number of thiazole rings is 1. The molecule has 2 aromatic carbocycles. The summed E-state index contributed by atoms with van der Waals surface area (Å²) in [5.41, 5.74) is 1.76. The van der Waals surface area contributed by atoms with Gasteiger partial charge in [-0.25, -0.2) is 4.98 Å². The highest BCUT2D eigenvalue weighted by atomic mass is 32.1. The summed E-state index contributed by atoms with van der Waals surface area (Å²) in [6, 6.07) is 14.3. The van der Waals surface area contributed by atoms with Crippen LogP contribution >= 0.6 is 23.6 Å². The minimum absolute atomic E-state index is 0.000952. The van der Waals surface area contributed by atoms with Crippen LogP contribution in [0.25, 0.3) is 21.5 Å². The second-order valence-electron chi connectivity index (χ2n) is 7.38. The molecule has 3 N–H and O–H groups in total. The molecule has 0 atom stereocenters. The summed E-state index contributed by atoms with van der Waals surface area (Å²) < 4.78 is 6.40. The van der Waals surface area contributed by atoms with Crippen LogP contribution in [0.15, 0.2) is 59.0 Å². The van der Waals surface area contributed by atoms with E-state index in [0.29, 0.717) is 28.6 Å². The van der Waals surface area contributed by atoms with Crippen molar-refractivity contribution in [1.29, 1.82) is 0 Å². The van der Waals surface area contributed by atoms with E-state index < -0.39 is 10.8 Å². The number of aromatic nitrogens is 1. The maximum absolute atomic E-state index is 12.5. The zero-order valence-electron chi connectivity index (χ0n) is 18.4. The molecule has 0 unspecified atom stereocenters. The molecule has 12 heteroatoms. The third-order valence-electron chi connectivity index (χ3n) is 4.77. The first-order valence-corrected chi connectivity index (χ1v) is 11.7. The Morgan fingerprint density at radius 1 is 1.14 bits per heavy atom. The van der Waals surface area contributed by atoms with E-state index in [1.54, 1.807) is 24.3 Å². The Kier molecular flexibility index (Phi) is 7.13. The number of furan rings is 1. The molecule has 0 aliphatic heterocycles. The van der Waals surface area contributed by atoms with Crippen molar-refractivity contribution in [2.24, 2.45) is 0 Å². The van der Waals surface area contributed by atoms with Crippen LogP contribution in [0.3, 0.4) is 0 Å². The van der Waals surface area contributed by atoms with E-state index >= 15 is 0 Å². The van der Waals surface area contributed by atoms with Gasteiger partial charge in [-0.3, -0.25) is 25.0 Å². The van der Waals surface area contributed by atoms with Crippen molar-refractivity contribution >= 4 is 67.2 Å². The number of anilines is 2. The Bertz CT molecular complexity index is 1450. The molecule has 2 amide bonds. The highest BCUT2D eigenvalue weighted by Gasteiger charge is 2.16. The molecule has 0 aliphatic rings. The number of hydrogen-bond acceptors (Lipinski definition) is 8. The smallest absolute Gasteiger partial charge is 0.293 e. The number of amides is 2. The van der Waals surface area contributed by atoms with Gasteiger partial charge in [0, 0.05) is 29.8 Å². The number of fused-ring (bicyclic) bond motifs is 1. The Hall–Kier alpha value is -4.16. The second-order valence-corrected chi connectivity index (χ2v) is 8.82. The lowest BCUT2D eigenvalue weighted by atomic mass is 10.1. The summed E-state index contributed by atoms with van der Waals surface area (Å²) in [4.78, 5) is 39.2. The van der Waals surface area contributed by atoms with Crippen molar-refractivity contribution in [2.75, 3.05) is 10.6 Å². The third-order valence-corrected chi connectivity index (χ3v) is 5.91. The summed E-state index contributed by atoms with van der Waals surface area (Å²) in [5.74, 6) is -0.337. The van der Waals surface area contributed by atoms with Crippen LogP contribution in [-0.2, 0) is 4.79 Å². The van der Waals surface area contributed by atoms with E-state index in [2.05, 4.69) is 20.9 Å². The number of carbonyl (C=O) groups is 2. The number of nitro benzene ring substituents is 1. The summed E-state index contributed by atoms with van der Waals surface area (Å²) in [6.45, 7) is 1.93. The van der Waals surface area contributed by atoms with Crippen LogP contribution in [0.5, 0.6) is 0 Å². The summed E-state index contributed by atoms with van der Waals surface area (Å²) in [6.07, 6.45) is 1.18. The van der Waals surface area contributed by atoms with Crippen molar-refractivity contribution in [3.63, 3.8) is 0 Å². The zero-order valence-corrected chi connectivity index (χ0v) is 20.0. The Morgan fingerprint density at radius 2 is 1.97 bits per heavy atom. The van der Waals surface area contributed by atoms with Crippen LogP contribution in [-0.4, -0.2) is 26.8 Å². The molecule has 0 radical (unpaired) electrons. The second kappa shape index (κ2) is 10.4. The van der Waals surface area contributed by atoms with E-state index in [0.717, 1.165) is 16.6 Å². The molecule has 35 heavy (non-hydrogen) atoms. The molecular weight excluding hydrogens is 490 g/mol. The first-order valence-electron chi connectivity index (χ1n) is 10.5. The van der Waals surface area contributed by atoms with Gasteiger partial charge in [0.25, 0.3) is 11.6 Å². The van der Waals surface area contributed by atoms with E-state index in [4.69, 9.17) is 16.6 Å². The van der Waals surface area contributed by atoms with Crippen LogP contribution in [0, 0.1) is 10.1 Å². The zero-order chi connectivity index (χ0) is 24.9. The third kappa shape index (κ3) is 5.86. The lowest BCUT2D eigenvalue weighted by Gasteiger charge is -2.08. The molecule has 0 aliphatic carbocycles. The Balaban J connectivity index is 1.39. The van der Waals surface area contributed by atoms with Crippen LogP contribution in [0.4, 0.5) is 16.5 Å². The van der Waals surface area contributed by atoms with Gasteiger partial charge in [0.2, 0.25) is 5.91 Å². The van der Waals surface area contributed by atoms with Crippen molar-refractivity contribution < 1.29 is 18.9 Å². The maximum Gasteiger partial charge on any atom is 0.293 e. The van der Waals surface area contributed by atoms with Crippen molar-refractivity contribution in [1.82, 2.24) is 10.3 Å². The highest BCUT2D eigenvalue weighted by molar-refractivity contribution is 7.80. The van der Waals surface area contributed by atoms with Gasteiger partial charge in [0.1, 0.15) is 5.76 Å². The number of hydrogen-bond donors (Lipinski definition) is 3. The fourth-order valence-corrected chi connectivity index (χ4v) is 4.31. The average molecular weight is 510 g/mol. The largest absolute Gasteiger partial charge is 0.451 e. The Morgan fingerprint density at radius 3 is 2.74 bits per heavy atom. The normalized spacial score (nSPS) is 10.7. The molecule has 4 rings (SSSR count). The standard InChI is InChI=1S/C23H19N5O5S2/c1-2-4-20(29)26-23-25-16-8-7-14(12-19(16)35-23)24-22(34)27-21(30)18-10-9-17(33-18)13-5-3-6-15(11-13)28(31)32/h3,5-12H,2,4H2,1H3,(H,25,26,29)(H2,24,27,30,34). The maximum atomic E-state index is 12.5. The molecule has 0 bridgehead atoms. The molecular formula is C23H19N5O5S2. The predicted molar refractivity (Wildman–Crippen MR) is 138 cm³/mol. The Labute approximate surface area is 208 Å². The van der Waals surface area contributed by atoms with Crippen LogP contribution < -0.4 is 16.0 Å². The fraction of sp³-hybridized carbons (Fsp3) is 0.130. The van der Waals surface area contributed by atoms with Gasteiger partial charge in [-0.05, 0) is 49.0 Å². The van der Waals surface area contributed by atoms with Crippen LogP contribution in [0.2, 0.25) is 0 Å². The van der Waals surface area contributed by atoms with E-state index in [-0.39, 0.29) is 22.5 Å². The molecule has 2 heterocycles. The molecule has 4 aromatic rings. The number of thiocarbonyl (C=S) groups is 1. The molecule has 178 valence electrons. The number of nitrogens with one attached hydrogen (secondary N) is 3. The van der Waals surface area contributed by atoms with E-state index in [1.807, 2.05) is 13.0 Å². The molecule has 0 saturated carbocycles.